The summed E-state index contributed by atoms with van der Waals surface area (Å²) >= 11 is 0. The first-order valence-electron chi connectivity index (χ1n) is 6.46. The van der Waals surface area contributed by atoms with Crippen LogP contribution in [0.3, 0.4) is 0 Å². The molecule has 0 fully saturated rings. The quantitative estimate of drug-likeness (QED) is 0.768. The van der Waals surface area contributed by atoms with Gasteiger partial charge < -0.3 is 9.73 Å². The molecule has 2 N–H and O–H groups in total. The van der Waals surface area contributed by atoms with Crippen LogP contribution in [0.25, 0.3) is 11.0 Å². The molecule has 2 heterocycles. The Morgan fingerprint density at radius 2 is 2.33 bits per heavy atom. The number of aromatic amines is 1. The second kappa shape index (κ2) is 5.35. The van der Waals surface area contributed by atoms with E-state index in [2.05, 4.69) is 20.5 Å². The number of nitrogens with one attached hydrogen (secondary N) is 2. The summed E-state index contributed by atoms with van der Waals surface area (Å²) in [5.41, 5.74) is 1.12. The summed E-state index contributed by atoms with van der Waals surface area (Å²) in [6.45, 7) is 2.13. The van der Waals surface area contributed by atoms with E-state index in [1.165, 1.54) is 24.5 Å². The first-order valence-corrected chi connectivity index (χ1v) is 6.46. The third kappa shape index (κ3) is 2.62. The lowest BCUT2D eigenvalue weighted by Crippen LogP contribution is -2.26. The standard InChI is InChI=1S/C14H13FN4O2/c1-8-10-6-9(15)2-3-11(10)21-13(8)14(20)16-5-4-12-17-7-18-19-12/h2-3,6-7H,4-5H2,1H3,(H,16,20)(H,17,18,19). The summed E-state index contributed by atoms with van der Waals surface area (Å²) in [5.74, 6) is 0.208. The van der Waals surface area contributed by atoms with Crippen LogP contribution in [0.5, 0.6) is 0 Å². The zero-order valence-electron chi connectivity index (χ0n) is 11.3. The Kier molecular flexibility index (Phi) is 3.39. The second-order valence-electron chi connectivity index (χ2n) is 4.63. The molecular weight excluding hydrogens is 275 g/mol. The van der Waals surface area contributed by atoms with Crippen molar-refractivity contribution in [2.75, 3.05) is 6.54 Å². The smallest absolute Gasteiger partial charge is 0.287 e. The van der Waals surface area contributed by atoms with Gasteiger partial charge in [0.1, 0.15) is 23.6 Å². The van der Waals surface area contributed by atoms with Gasteiger partial charge in [0.25, 0.3) is 5.91 Å². The number of hydrogen-bond acceptors (Lipinski definition) is 4. The fourth-order valence-corrected chi connectivity index (χ4v) is 2.14. The topological polar surface area (TPSA) is 83.8 Å². The Morgan fingerprint density at radius 1 is 1.48 bits per heavy atom. The Balaban J connectivity index is 1.73. The minimum absolute atomic E-state index is 0.202. The van der Waals surface area contributed by atoms with Crippen LogP contribution in [0, 0.1) is 12.7 Å². The molecule has 0 aliphatic carbocycles. The van der Waals surface area contributed by atoms with Crippen molar-refractivity contribution in [1.29, 1.82) is 0 Å². The summed E-state index contributed by atoms with van der Waals surface area (Å²) in [4.78, 5) is 16.1. The maximum atomic E-state index is 13.2. The van der Waals surface area contributed by atoms with Crippen molar-refractivity contribution < 1.29 is 13.6 Å². The first-order chi connectivity index (χ1) is 10.1. The predicted molar refractivity (Wildman–Crippen MR) is 73.3 cm³/mol. The van der Waals surface area contributed by atoms with Gasteiger partial charge in [-0.15, -0.1) is 0 Å². The van der Waals surface area contributed by atoms with Crippen LogP contribution in [0.15, 0.2) is 28.9 Å². The van der Waals surface area contributed by atoms with Crippen LogP contribution in [0.2, 0.25) is 0 Å². The molecule has 0 aliphatic rings. The molecular formula is C14H13FN4O2. The van der Waals surface area contributed by atoms with E-state index < -0.39 is 0 Å². The minimum Gasteiger partial charge on any atom is -0.451 e. The van der Waals surface area contributed by atoms with E-state index in [0.717, 1.165) is 0 Å². The highest BCUT2D eigenvalue weighted by Crippen LogP contribution is 2.25. The molecule has 0 radical (unpaired) electrons. The van der Waals surface area contributed by atoms with E-state index in [-0.39, 0.29) is 17.5 Å². The normalized spacial score (nSPS) is 11.0. The number of carbonyl (C=O) groups is 1. The van der Waals surface area contributed by atoms with Gasteiger partial charge in [0.2, 0.25) is 0 Å². The number of nitrogens with zero attached hydrogens (tertiary/aromatic N) is 2. The van der Waals surface area contributed by atoms with Crippen molar-refractivity contribution in [3.63, 3.8) is 0 Å². The van der Waals surface area contributed by atoms with Crippen LogP contribution >= 0.6 is 0 Å². The molecule has 0 atom stereocenters. The number of fused-ring (bicyclic) bond motifs is 1. The lowest BCUT2D eigenvalue weighted by atomic mass is 10.1. The number of H-pyrrole nitrogens is 1. The van der Waals surface area contributed by atoms with Gasteiger partial charge in [-0.3, -0.25) is 9.89 Å². The van der Waals surface area contributed by atoms with Gasteiger partial charge in [0.15, 0.2) is 5.76 Å². The zero-order valence-corrected chi connectivity index (χ0v) is 11.3. The molecule has 6 nitrogen and oxygen atoms in total. The molecule has 3 aromatic rings. The van der Waals surface area contributed by atoms with Gasteiger partial charge in [-0.2, -0.15) is 5.10 Å². The van der Waals surface area contributed by atoms with Crippen LogP contribution < -0.4 is 5.32 Å². The molecule has 2 aromatic heterocycles. The Bertz CT molecular complexity index is 780. The molecule has 0 saturated carbocycles. The number of hydrogen-bond donors (Lipinski definition) is 2. The lowest BCUT2D eigenvalue weighted by molar-refractivity contribution is 0.0927. The molecule has 3 rings (SSSR count). The third-order valence-electron chi connectivity index (χ3n) is 3.22. The predicted octanol–water partition coefficient (Wildman–Crippen LogP) is 1.97. The van der Waals surface area contributed by atoms with Crippen molar-refractivity contribution in [3.05, 3.63) is 47.5 Å². The van der Waals surface area contributed by atoms with Crippen molar-refractivity contribution in [2.45, 2.75) is 13.3 Å². The molecule has 0 spiro atoms. The van der Waals surface area contributed by atoms with E-state index in [1.807, 2.05) is 0 Å². The highest BCUT2D eigenvalue weighted by molar-refractivity contribution is 5.98. The van der Waals surface area contributed by atoms with Gasteiger partial charge >= 0.3 is 0 Å². The SMILES string of the molecule is Cc1c(C(=O)NCCc2ncn[nH]2)oc2ccc(F)cc12. The van der Waals surface area contributed by atoms with E-state index in [9.17, 15) is 9.18 Å². The monoisotopic (exact) mass is 288 g/mol. The number of amides is 1. The Morgan fingerprint density at radius 3 is 3.10 bits per heavy atom. The van der Waals surface area contributed by atoms with Gasteiger partial charge in [0.05, 0.1) is 0 Å². The van der Waals surface area contributed by atoms with Crippen LogP contribution in [-0.4, -0.2) is 27.6 Å². The van der Waals surface area contributed by atoms with Gasteiger partial charge in [-0.05, 0) is 25.1 Å². The fraction of sp³-hybridized carbons (Fsp3) is 0.214. The molecule has 1 aromatic carbocycles. The van der Waals surface area contributed by atoms with E-state index in [0.29, 0.717) is 35.3 Å². The number of furan rings is 1. The second-order valence-corrected chi connectivity index (χ2v) is 4.63. The number of aryl methyl sites for hydroxylation is 1. The zero-order chi connectivity index (χ0) is 14.8. The number of benzene rings is 1. The molecule has 108 valence electrons. The molecule has 7 heteroatoms. The first kappa shape index (κ1) is 13.3. The molecule has 0 saturated heterocycles. The Labute approximate surface area is 119 Å². The van der Waals surface area contributed by atoms with Crippen molar-refractivity contribution in [1.82, 2.24) is 20.5 Å². The fourth-order valence-electron chi connectivity index (χ4n) is 2.14. The summed E-state index contributed by atoms with van der Waals surface area (Å²) in [5, 5.41) is 9.78. The van der Waals surface area contributed by atoms with E-state index >= 15 is 0 Å². The van der Waals surface area contributed by atoms with E-state index in [4.69, 9.17) is 4.42 Å². The summed E-state index contributed by atoms with van der Waals surface area (Å²) < 4.78 is 18.7. The van der Waals surface area contributed by atoms with Crippen LogP contribution in [0.1, 0.15) is 21.9 Å². The lowest BCUT2D eigenvalue weighted by Gasteiger charge is -2.01. The highest BCUT2D eigenvalue weighted by atomic mass is 19.1. The molecule has 0 bridgehead atoms. The van der Waals surface area contributed by atoms with Crippen molar-refractivity contribution in [2.24, 2.45) is 0 Å². The number of carbonyl (C=O) groups excluding carboxylic acids is 1. The maximum Gasteiger partial charge on any atom is 0.287 e. The van der Waals surface area contributed by atoms with Gasteiger partial charge in [0, 0.05) is 23.9 Å². The third-order valence-corrected chi connectivity index (χ3v) is 3.22. The summed E-state index contributed by atoms with van der Waals surface area (Å²) in [6.07, 6.45) is 1.95. The molecule has 21 heavy (non-hydrogen) atoms. The maximum absolute atomic E-state index is 13.2. The van der Waals surface area contributed by atoms with Crippen LogP contribution in [0.4, 0.5) is 4.39 Å². The summed E-state index contributed by atoms with van der Waals surface area (Å²) in [6, 6.07) is 4.18. The van der Waals surface area contributed by atoms with Gasteiger partial charge in [-0.25, -0.2) is 9.37 Å². The largest absolute Gasteiger partial charge is 0.451 e. The number of halogens is 1. The average Bonchev–Trinajstić information content (AvgIpc) is 3.08. The highest BCUT2D eigenvalue weighted by Gasteiger charge is 2.17. The molecule has 1 amide bonds. The van der Waals surface area contributed by atoms with Crippen molar-refractivity contribution >= 4 is 16.9 Å². The average molecular weight is 288 g/mol. The number of aromatic nitrogens is 3. The minimum atomic E-state index is -0.358. The van der Waals surface area contributed by atoms with Crippen LogP contribution in [-0.2, 0) is 6.42 Å². The molecule has 0 unspecified atom stereocenters. The van der Waals surface area contributed by atoms with E-state index in [1.54, 1.807) is 6.92 Å². The van der Waals surface area contributed by atoms with Gasteiger partial charge in [-0.1, -0.05) is 0 Å². The Hall–Kier alpha value is -2.70. The molecule has 0 aliphatic heterocycles. The number of rotatable bonds is 4. The van der Waals surface area contributed by atoms with Crippen molar-refractivity contribution in [3.8, 4) is 0 Å². The summed E-state index contributed by atoms with van der Waals surface area (Å²) in [7, 11) is 0.